The summed E-state index contributed by atoms with van der Waals surface area (Å²) in [5.74, 6) is -0.0762. The van der Waals surface area contributed by atoms with Gasteiger partial charge in [0, 0.05) is 12.8 Å². The van der Waals surface area contributed by atoms with Gasteiger partial charge in [-0.25, -0.2) is 0 Å². The lowest BCUT2D eigenvalue weighted by Crippen LogP contribution is -2.45. The maximum Gasteiger partial charge on any atom is 0.305 e. The van der Waals surface area contributed by atoms with Crippen molar-refractivity contribution in [1.29, 1.82) is 0 Å². The molecule has 0 aliphatic carbocycles. The predicted molar refractivity (Wildman–Crippen MR) is 283 cm³/mol. The molecular weight excluding hydrogens is 803 g/mol. The van der Waals surface area contributed by atoms with E-state index in [1.807, 2.05) is 6.08 Å². The molecule has 6 nitrogen and oxygen atoms in total. The molecule has 0 bridgehead atoms. The van der Waals surface area contributed by atoms with Crippen molar-refractivity contribution >= 4 is 11.9 Å². The fourth-order valence-corrected chi connectivity index (χ4v) is 8.98. The molecule has 0 spiro atoms. The first-order valence-electron chi connectivity index (χ1n) is 29.1. The number of carbonyl (C=O) groups excluding carboxylic acids is 2. The molecule has 0 radical (unpaired) electrons. The number of ether oxygens (including phenoxy) is 1. The average molecular weight is 917 g/mol. The van der Waals surface area contributed by atoms with E-state index in [2.05, 4.69) is 31.3 Å². The molecule has 6 heteroatoms. The van der Waals surface area contributed by atoms with E-state index in [4.69, 9.17) is 4.74 Å². The lowest BCUT2D eigenvalue weighted by atomic mass is 10.0. The van der Waals surface area contributed by atoms with Crippen LogP contribution in [-0.2, 0) is 14.3 Å². The highest BCUT2D eigenvalue weighted by molar-refractivity contribution is 5.76. The highest BCUT2D eigenvalue weighted by atomic mass is 16.5. The number of hydrogen-bond donors (Lipinski definition) is 3. The summed E-state index contributed by atoms with van der Waals surface area (Å²) in [4.78, 5) is 24.5. The summed E-state index contributed by atoms with van der Waals surface area (Å²) in [6, 6.07) is -0.637. The summed E-state index contributed by atoms with van der Waals surface area (Å²) in [6.07, 6.45) is 66.2. The minimum atomic E-state index is -0.852. The highest BCUT2D eigenvalue weighted by Crippen LogP contribution is 2.17. The van der Waals surface area contributed by atoms with E-state index in [0.29, 0.717) is 19.4 Å². The van der Waals surface area contributed by atoms with Crippen molar-refractivity contribution in [2.45, 2.75) is 328 Å². The predicted octanol–water partition coefficient (Wildman–Crippen LogP) is 17.9. The molecule has 65 heavy (non-hydrogen) atoms. The Balaban J connectivity index is 3.47. The van der Waals surface area contributed by atoms with E-state index in [9.17, 15) is 19.8 Å². The van der Waals surface area contributed by atoms with Crippen LogP contribution in [0.3, 0.4) is 0 Å². The molecule has 0 aromatic heterocycles. The molecule has 0 rings (SSSR count). The second kappa shape index (κ2) is 54.9. The number of carbonyl (C=O) groups is 2. The van der Waals surface area contributed by atoms with Crippen LogP contribution in [0, 0.1) is 0 Å². The van der Waals surface area contributed by atoms with Crippen LogP contribution < -0.4 is 5.32 Å². The van der Waals surface area contributed by atoms with E-state index in [0.717, 1.165) is 57.8 Å². The molecule has 1 amide bonds. The van der Waals surface area contributed by atoms with Crippen LogP contribution in [0.25, 0.3) is 0 Å². The first kappa shape index (κ1) is 63.3. The Bertz CT molecular complexity index is 1010. The molecular formula is C59H113NO5. The van der Waals surface area contributed by atoms with Gasteiger partial charge in [0.05, 0.1) is 25.4 Å². The number of nitrogens with one attached hydrogen (secondary N) is 1. The Morgan fingerprint density at radius 1 is 0.415 bits per heavy atom. The molecule has 3 N–H and O–H groups in total. The Morgan fingerprint density at radius 2 is 0.723 bits per heavy atom. The second-order valence-electron chi connectivity index (χ2n) is 20.0. The van der Waals surface area contributed by atoms with E-state index in [1.54, 1.807) is 6.08 Å². The normalized spacial score (nSPS) is 12.7. The Kier molecular flexibility index (Phi) is 53.5. The Morgan fingerprint density at radius 3 is 1.09 bits per heavy atom. The van der Waals surface area contributed by atoms with E-state index < -0.39 is 12.1 Å². The van der Waals surface area contributed by atoms with E-state index >= 15 is 0 Å². The van der Waals surface area contributed by atoms with Gasteiger partial charge < -0.3 is 20.3 Å². The first-order valence-corrected chi connectivity index (χ1v) is 29.1. The summed E-state index contributed by atoms with van der Waals surface area (Å²) in [6.45, 7) is 4.90. The molecule has 2 atom stereocenters. The number of rotatable bonds is 54. The van der Waals surface area contributed by atoms with Crippen LogP contribution in [0.4, 0.5) is 0 Å². The second-order valence-corrected chi connectivity index (χ2v) is 20.0. The number of aliphatic hydroxyl groups excluding tert-OH is 2. The number of amides is 1. The topological polar surface area (TPSA) is 95.9 Å². The Labute approximate surface area is 405 Å². The molecule has 0 heterocycles. The zero-order valence-electron chi connectivity index (χ0n) is 43.7. The third kappa shape index (κ3) is 51.6. The van der Waals surface area contributed by atoms with Gasteiger partial charge in [0.25, 0.3) is 0 Å². The van der Waals surface area contributed by atoms with Crippen molar-refractivity contribution in [1.82, 2.24) is 5.32 Å². The number of unbranched alkanes of at least 4 members (excludes halogenated alkanes) is 41. The maximum atomic E-state index is 12.5. The van der Waals surface area contributed by atoms with Gasteiger partial charge in [-0.15, -0.1) is 0 Å². The summed E-state index contributed by atoms with van der Waals surface area (Å²) < 4.78 is 5.47. The van der Waals surface area contributed by atoms with Gasteiger partial charge in [0.15, 0.2) is 0 Å². The minimum Gasteiger partial charge on any atom is -0.466 e. The zero-order chi connectivity index (χ0) is 47.2. The van der Waals surface area contributed by atoms with Crippen molar-refractivity contribution in [3.63, 3.8) is 0 Å². The van der Waals surface area contributed by atoms with E-state index in [1.165, 1.54) is 231 Å². The van der Waals surface area contributed by atoms with Crippen molar-refractivity contribution < 1.29 is 24.5 Å². The number of hydrogen-bond acceptors (Lipinski definition) is 5. The van der Waals surface area contributed by atoms with Gasteiger partial charge >= 0.3 is 5.97 Å². The fraction of sp³-hybridized carbons (Fsp3) is 0.898. The summed E-state index contributed by atoms with van der Waals surface area (Å²) in [5, 5.41) is 23.1. The summed E-state index contributed by atoms with van der Waals surface area (Å²) >= 11 is 0. The van der Waals surface area contributed by atoms with Gasteiger partial charge in [0.1, 0.15) is 0 Å². The van der Waals surface area contributed by atoms with E-state index in [-0.39, 0.29) is 18.5 Å². The van der Waals surface area contributed by atoms with Gasteiger partial charge in [0.2, 0.25) is 5.91 Å². The molecule has 384 valence electrons. The highest BCUT2D eigenvalue weighted by Gasteiger charge is 2.18. The summed E-state index contributed by atoms with van der Waals surface area (Å²) in [5.41, 5.74) is 0. The van der Waals surface area contributed by atoms with Crippen LogP contribution in [0.15, 0.2) is 24.3 Å². The van der Waals surface area contributed by atoms with Gasteiger partial charge in [-0.3, -0.25) is 9.59 Å². The number of esters is 1. The number of allylic oxidation sites excluding steroid dienone is 3. The third-order valence-corrected chi connectivity index (χ3v) is 13.5. The lowest BCUT2D eigenvalue weighted by Gasteiger charge is -2.20. The molecule has 2 unspecified atom stereocenters. The third-order valence-electron chi connectivity index (χ3n) is 13.5. The minimum absolute atomic E-state index is 0.00452. The average Bonchev–Trinajstić information content (AvgIpc) is 3.31. The van der Waals surface area contributed by atoms with Crippen molar-refractivity contribution in [3.8, 4) is 0 Å². The molecule has 0 aliphatic rings. The molecule has 0 fully saturated rings. The standard InChI is InChI=1S/C59H113NO5/c1-3-5-7-9-11-13-15-17-19-24-27-31-35-39-43-47-51-57(62)56(55-61)60-58(63)52-48-44-40-36-32-28-25-22-20-21-23-26-30-34-38-42-46-50-54-65-59(64)53-49-45-41-37-33-29-18-16-14-12-10-8-6-4-2/h22,25,47,51,56-57,61-62H,3-21,23-24,26-46,48-50,52-55H2,1-2H3,(H,60,63)/b25-22-,51-47+. The van der Waals surface area contributed by atoms with Crippen LogP contribution in [0.1, 0.15) is 316 Å². The molecule has 0 aromatic rings. The maximum absolute atomic E-state index is 12.5. The van der Waals surface area contributed by atoms with Crippen LogP contribution in [0.5, 0.6) is 0 Å². The molecule has 0 aromatic carbocycles. The van der Waals surface area contributed by atoms with Crippen LogP contribution >= 0.6 is 0 Å². The van der Waals surface area contributed by atoms with Gasteiger partial charge in [-0.2, -0.15) is 0 Å². The Hall–Kier alpha value is -1.66. The molecule has 0 aliphatic heterocycles. The lowest BCUT2D eigenvalue weighted by molar-refractivity contribution is -0.143. The van der Waals surface area contributed by atoms with Crippen LogP contribution in [-0.4, -0.2) is 47.4 Å². The first-order chi connectivity index (χ1) is 32.0. The van der Waals surface area contributed by atoms with Gasteiger partial charge in [-0.1, -0.05) is 269 Å². The fourth-order valence-electron chi connectivity index (χ4n) is 8.98. The van der Waals surface area contributed by atoms with Crippen molar-refractivity contribution in [2.75, 3.05) is 13.2 Å². The van der Waals surface area contributed by atoms with Gasteiger partial charge in [-0.05, 0) is 57.8 Å². The quantitative estimate of drug-likeness (QED) is 0.0321. The zero-order valence-corrected chi connectivity index (χ0v) is 43.7. The molecule has 0 saturated carbocycles. The van der Waals surface area contributed by atoms with Crippen LogP contribution in [0.2, 0.25) is 0 Å². The van der Waals surface area contributed by atoms with Crippen molar-refractivity contribution in [3.05, 3.63) is 24.3 Å². The summed E-state index contributed by atoms with van der Waals surface area (Å²) in [7, 11) is 0. The largest absolute Gasteiger partial charge is 0.466 e. The number of aliphatic hydroxyl groups is 2. The van der Waals surface area contributed by atoms with Crippen molar-refractivity contribution in [2.24, 2.45) is 0 Å². The smallest absolute Gasteiger partial charge is 0.305 e. The molecule has 0 saturated heterocycles. The monoisotopic (exact) mass is 916 g/mol. The SMILES string of the molecule is CCCCCCCCCCCCCCCC/C=C/C(O)C(CO)NC(=O)CCCCCCC/C=C\CCCCCCCCCCCOC(=O)CCCCCCCCCCCCCCCC.